The topological polar surface area (TPSA) is 77.8 Å². The predicted octanol–water partition coefficient (Wildman–Crippen LogP) is 4.67. The van der Waals surface area contributed by atoms with Crippen LogP contribution < -0.4 is 0 Å². The number of hydrogen-bond acceptors (Lipinski definition) is 4. The second-order valence-electron chi connectivity index (χ2n) is 8.14. The number of likely N-dealkylation sites (tertiary alicyclic amines) is 1. The molecule has 1 saturated heterocycles. The van der Waals surface area contributed by atoms with E-state index in [9.17, 15) is 19.8 Å². The van der Waals surface area contributed by atoms with Gasteiger partial charge in [0.25, 0.3) is 11.7 Å². The first kappa shape index (κ1) is 21.4. The molecule has 2 N–H and O–H groups in total. The molecule has 32 heavy (non-hydrogen) atoms. The first-order valence-electron chi connectivity index (χ1n) is 10.6. The number of aromatic hydroxyl groups is 1. The maximum Gasteiger partial charge on any atom is 0.295 e. The van der Waals surface area contributed by atoms with Crippen LogP contribution in [0.5, 0.6) is 5.75 Å². The number of carbonyl (C=O) groups excluding carboxylic acids is 2. The maximum absolute atomic E-state index is 13.1. The van der Waals surface area contributed by atoms with Crippen LogP contribution in [0.15, 0.2) is 78.4 Å². The summed E-state index contributed by atoms with van der Waals surface area (Å²) >= 11 is 0. The van der Waals surface area contributed by atoms with Crippen molar-refractivity contribution >= 4 is 17.4 Å². The van der Waals surface area contributed by atoms with Gasteiger partial charge in [0.2, 0.25) is 0 Å². The molecule has 0 saturated carbocycles. The zero-order valence-corrected chi connectivity index (χ0v) is 18.1. The van der Waals surface area contributed by atoms with Gasteiger partial charge in [0, 0.05) is 12.1 Å². The zero-order valence-electron chi connectivity index (χ0n) is 18.1. The molecule has 1 fully saturated rings. The van der Waals surface area contributed by atoms with Crippen molar-refractivity contribution in [3.63, 3.8) is 0 Å². The number of aliphatic hydroxyl groups excluding tert-OH is 1. The van der Waals surface area contributed by atoms with Crippen molar-refractivity contribution < 1.29 is 19.8 Å². The number of phenolic OH excluding ortho intramolecular Hbond substituents is 1. The second-order valence-corrected chi connectivity index (χ2v) is 8.14. The highest BCUT2D eigenvalue weighted by atomic mass is 16.3. The molecule has 0 aliphatic carbocycles. The van der Waals surface area contributed by atoms with Gasteiger partial charge in [-0.05, 0) is 55.2 Å². The van der Waals surface area contributed by atoms with E-state index in [2.05, 4.69) is 0 Å². The third-order valence-corrected chi connectivity index (χ3v) is 5.86. The van der Waals surface area contributed by atoms with Crippen molar-refractivity contribution in [2.45, 2.75) is 26.3 Å². The summed E-state index contributed by atoms with van der Waals surface area (Å²) in [6.45, 7) is 4.06. The van der Waals surface area contributed by atoms with Crippen LogP contribution in [0, 0.1) is 13.8 Å². The monoisotopic (exact) mass is 427 g/mol. The maximum atomic E-state index is 13.1. The molecule has 1 amide bonds. The van der Waals surface area contributed by atoms with Crippen LogP contribution in [0.2, 0.25) is 0 Å². The first-order chi connectivity index (χ1) is 15.4. The number of aliphatic hydroxyl groups is 1. The molecule has 0 radical (unpaired) electrons. The Bertz CT molecular complexity index is 1210. The van der Waals surface area contributed by atoms with Crippen LogP contribution in [0.25, 0.3) is 5.76 Å². The molecule has 0 aromatic heterocycles. The highest BCUT2D eigenvalue weighted by Crippen LogP contribution is 2.40. The van der Waals surface area contributed by atoms with E-state index in [-0.39, 0.29) is 17.1 Å². The number of phenols is 1. The number of benzene rings is 3. The Balaban J connectivity index is 1.83. The van der Waals surface area contributed by atoms with Crippen molar-refractivity contribution in [1.82, 2.24) is 4.90 Å². The average molecular weight is 428 g/mol. The predicted molar refractivity (Wildman–Crippen MR) is 123 cm³/mol. The van der Waals surface area contributed by atoms with Gasteiger partial charge in [-0.2, -0.15) is 0 Å². The molecule has 1 aliphatic rings. The number of aryl methyl sites for hydroxylation is 2. The third kappa shape index (κ3) is 4.02. The Labute approximate surface area is 187 Å². The smallest absolute Gasteiger partial charge is 0.295 e. The summed E-state index contributed by atoms with van der Waals surface area (Å²) < 4.78 is 0. The molecular weight excluding hydrogens is 402 g/mol. The summed E-state index contributed by atoms with van der Waals surface area (Å²) in [5.41, 5.74) is 3.92. The van der Waals surface area contributed by atoms with E-state index < -0.39 is 17.7 Å². The molecule has 5 nitrogen and oxygen atoms in total. The molecule has 1 heterocycles. The lowest BCUT2D eigenvalue weighted by Crippen LogP contribution is -2.31. The standard InChI is InChI=1S/C27H25NO4/c1-17-11-12-18(2)22(15-17)25(30)23-24(20-9-6-10-21(29)16-20)28(27(32)26(23)31)14-13-19-7-4-3-5-8-19/h3-12,15-16,24,29-30H,13-14H2,1-2H3/t24-/m0/s1. The van der Waals surface area contributed by atoms with E-state index in [1.165, 1.54) is 17.0 Å². The minimum atomic E-state index is -0.786. The van der Waals surface area contributed by atoms with E-state index in [1.54, 1.807) is 12.1 Å². The third-order valence-electron chi connectivity index (χ3n) is 5.86. The lowest BCUT2D eigenvalue weighted by Gasteiger charge is -2.25. The van der Waals surface area contributed by atoms with Gasteiger partial charge in [-0.15, -0.1) is 0 Å². The molecule has 3 aromatic rings. The van der Waals surface area contributed by atoms with Gasteiger partial charge in [0.05, 0.1) is 11.6 Å². The van der Waals surface area contributed by atoms with E-state index in [0.29, 0.717) is 24.1 Å². The van der Waals surface area contributed by atoms with Gasteiger partial charge in [-0.25, -0.2) is 0 Å². The number of ketones is 1. The molecule has 1 aliphatic heterocycles. The Morgan fingerprint density at radius 1 is 0.938 bits per heavy atom. The van der Waals surface area contributed by atoms with Crippen molar-refractivity contribution in [2.24, 2.45) is 0 Å². The SMILES string of the molecule is Cc1ccc(C)c(C(O)=C2C(=O)C(=O)N(CCc3ccccc3)[C@H]2c2cccc(O)c2)c1. The summed E-state index contributed by atoms with van der Waals surface area (Å²) in [6, 6.07) is 21.0. The van der Waals surface area contributed by atoms with Crippen molar-refractivity contribution in [1.29, 1.82) is 0 Å². The summed E-state index contributed by atoms with van der Waals surface area (Å²) in [5, 5.41) is 21.3. The molecule has 0 unspecified atom stereocenters. The van der Waals surface area contributed by atoms with Gasteiger partial charge < -0.3 is 15.1 Å². The lowest BCUT2D eigenvalue weighted by molar-refractivity contribution is -0.139. The molecular formula is C27H25NO4. The molecule has 0 bridgehead atoms. The van der Waals surface area contributed by atoms with Crippen LogP contribution in [0.3, 0.4) is 0 Å². The number of nitrogens with zero attached hydrogens (tertiary/aromatic N) is 1. The van der Waals surface area contributed by atoms with Gasteiger partial charge in [-0.3, -0.25) is 9.59 Å². The number of Topliss-reactive ketones (excluding diaryl/α,β-unsaturated/α-hetero) is 1. The van der Waals surface area contributed by atoms with Crippen molar-refractivity contribution in [3.05, 3.63) is 106 Å². The number of rotatable bonds is 5. The Morgan fingerprint density at radius 2 is 1.69 bits per heavy atom. The van der Waals surface area contributed by atoms with Crippen LogP contribution in [0.4, 0.5) is 0 Å². The second kappa shape index (κ2) is 8.71. The van der Waals surface area contributed by atoms with Gasteiger partial charge in [-0.1, -0.05) is 60.2 Å². The molecule has 5 heteroatoms. The summed E-state index contributed by atoms with van der Waals surface area (Å²) in [7, 11) is 0. The quantitative estimate of drug-likeness (QED) is 0.352. The summed E-state index contributed by atoms with van der Waals surface area (Å²) in [6.07, 6.45) is 0.562. The molecule has 3 aromatic carbocycles. The van der Waals surface area contributed by atoms with Crippen molar-refractivity contribution in [3.8, 4) is 5.75 Å². The highest BCUT2D eigenvalue weighted by molar-refractivity contribution is 6.46. The minimum Gasteiger partial charge on any atom is -0.508 e. The van der Waals surface area contributed by atoms with E-state index in [4.69, 9.17) is 0 Å². The van der Waals surface area contributed by atoms with Crippen LogP contribution in [0.1, 0.15) is 33.9 Å². The summed E-state index contributed by atoms with van der Waals surface area (Å²) in [5.74, 6) is -1.53. The number of amides is 1. The van der Waals surface area contributed by atoms with E-state index in [1.807, 2.05) is 62.4 Å². The fraction of sp³-hybridized carbons (Fsp3) is 0.185. The number of hydrogen-bond donors (Lipinski definition) is 2. The molecule has 1 atom stereocenters. The normalized spacial score (nSPS) is 17.7. The molecule has 162 valence electrons. The minimum absolute atomic E-state index is 0.0304. The van der Waals surface area contributed by atoms with Gasteiger partial charge in [0.15, 0.2) is 0 Å². The lowest BCUT2D eigenvalue weighted by atomic mass is 9.93. The highest BCUT2D eigenvalue weighted by Gasteiger charge is 2.46. The van der Waals surface area contributed by atoms with Gasteiger partial charge >= 0.3 is 0 Å². The Morgan fingerprint density at radius 3 is 2.41 bits per heavy atom. The van der Waals surface area contributed by atoms with E-state index in [0.717, 1.165) is 16.7 Å². The van der Waals surface area contributed by atoms with Gasteiger partial charge in [0.1, 0.15) is 11.5 Å². The number of carbonyl (C=O) groups is 2. The zero-order chi connectivity index (χ0) is 22.8. The molecule has 0 spiro atoms. The van der Waals surface area contributed by atoms with Crippen LogP contribution >= 0.6 is 0 Å². The largest absolute Gasteiger partial charge is 0.508 e. The fourth-order valence-corrected chi connectivity index (χ4v) is 4.18. The first-order valence-corrected chi connectivity index (χ1v) is 10.6. The van der Waals surface area contributed by atoms with Crippen molar-refractivity contribution in [2.75, 3.05) is 6.54 Å². The summed E-state index contributed by atoms with van der Waals surface area (Å²) in [4.78, 5) is 27.7. The van der Waals surface area contributed by atoms with Crippen LogP contribution in [-0.4, -0.2) is 33.3 Å². The average Bonchev–Trinajstić information content (AvgIpc) is 3.04. The fourth-order valence-electron chi connectivity index (χ4n) is 4.18. The van der Waals surface area contributed by atoms with Crippen LogP contribution in [-0.2, 0) is 16.0 Å². The Kier molecular flexibility index (Phi) is 5.82. The molecule has 4 rings (SSSR count). The Hall–Kier alpha value is -3.86. The van der Waals surface area contributed by atoms with E-state index >= 15 is 0 Å².